The van der Waals surface area contributed by atoms with E-state index >= 15 is 0 Å². The number of hydrogen-bond donors (Lipinski definition) is 1. The molecule has 0 radical (unpaired) electrons. The minimum absolute atomic E-state index is 0.0212. The molecule has 0 atom stereocenters. The molecule has 1 aliphatic heterocycles. The Morgan fingerprint density at radius 2 is 1.79 bits per heavy atom. The van der Waals surface area contributed by atoms with E-state index in [2.05, 4.69) is 10.2 Å². The third kappa shape index (κ3) is 7.11. The van der Waals surface area contributed by atoms with Crippen molar-refractivity contribution in [1.29, 1.82) is 0 Å². The first-order valence-electron chi connectivity index (χ1n) is 11.2. The van der Waals surface area contributed by atoms with Gasteiger partial charge in [0.05, 0.1) is 25.3 Å². The molecule has 0 aromatic heterocycles. The normalized spacial score (nSPS) is 14.3. The third-order valence-electron chi connectivity index (χ3n) is 5.40. The van der Waals surface area contributed by atoms with Gasteiger partial charge in [0.2, 0.25) is 5.91 Å². The second kappa shape index (κ2) is 11.9. The van der Waals surface area contributed by atoms with Crippen LogP contribution in [0.1, 0.15) is 29.8 Å². The molecule has 1 heterocycles. The predicted molar refractivity (Wildman–Crippen MR) is 129 cm³/mol. The summed E-state index contributed by atoms with van der Waals surface area (Å²) < 4.78 is 11.2. The number of hydrogen-bond acceptors (Lipinski definition) is 5. The number of piperazine rings is 1. The molecular formula is C25H32ClN3O4. The van der Waals surface area contributed by atoms with Gasteiger partial charge in [-0.15, -0.1) is 0 Å². The van der Waals surface area contributed by atoms with Crippen molar-refractivity contribution in [3.63, 3.8) is 0 Å². The Kier molecular flexibility index (Phi) is 8.97. The van der Waals surface area contributed by atoms with E-state index in [9.17, 15) is 9.59 Å². The van der Waals surface area contributed by atoms with Crippen LogP contribution in [0, 0.1) is 5.92 Å². The number of methoxy groups -OCH3 is 1. The van der Waals surface area contributed by atoms with Crippen molar-refractivity contribution in [3.8, 4) is 11.5 Å². The van der Waals surface area contributed by atoms with Crippen molar-refractivity contribution < 1.29 is 19.1 Å². The van der Waals surface area contributed by atoms with Crippen LogP contribution in [0.2, 0.25) is 5.02 Å². The van der Waals surface area contributed by atoms with Gasteiger partial charge in [-0.25, -0.2) is 0 Å². The number of amides is 2. The van der Waals surface area contributed by atoms with Crippen LogP contribution in [0.15, 0.2) is 42.5 Å². The number of carbonyl (C=O) groups excluding carboxylic acids is 2. The quantitative estimate of drug-likeness (QED) is 0.604. The Bertz CT molecular complexity index is 944. The summed E-state index contributed by atoms with van der Waals surface area (Å²) in [6.07, 6.45) is 0. The Morgan fingerprint density at radius 1 is 1.09 bits per heavy atom. The van der Waals surface area contributed by atoms with E-state index in [0.717, 1.165) is 5.56 Å². The lowest BCUT2D eigenvalue weighted by atomic mass is 10.1. The number of benzene rings is 2. The number of nitrogens with one attached hydrogen (secondary N) is 1. The third-order valence-corrected chi connectivity index (χ3v) is 5.68. The van der Waals surface area contributed by atoms with Crippen LogP contribution < -0.4 is 14.8 Å². The van der Waals surface area contributed by atoms with E-state index in [1.54, 1.807) is 17.0 Å². The molecule has 1 N–H and O–H groups in total. The fraction of sp³-hybridized carbons (Fsp3) is 0.440. The molecule has 0 aliphatic carbocycles. The second-order valence-electron chi connectivity index (χ2n) is 8.52. The maximum absolute atomic E-state index is 13.1. The standard InChI is InChI=1S/C25H32ClN3O4/c1-18(2)17-33-24-21(26)13-20(14-22(24)32-3)25(31)29-11-9-28(10-12-29)16-23(30)27-15-19-7-5-4-6-8-19/h4-8,13-14,18H,9-12,15-17H2,1-3H3,(H,27,30). The van der Waals surface area contributed by atoms with Crippen molar-refractivity contribution in [2.24, 2.45) is 5.92 Å². The summed E-state index contributed by atoms with van der Waals surface area (Å²) in [5, 5.41) is 3.30. The first-order chi connectivity index (χ1) is 15.9. The number of halogens is 1. The molecule has 1 saturated heterocycles. The fourth-order valence-electron chi connectivity index (χ4n) is 3.58. The van der Waals surface area contributed by atoms with E-state index < -0.39 is 0 Å². The Balaban J connectivity index is 1.52. The topological polar surface area (TPSA) is 71.1 Å². The lowest BCUT2D eigenvalue weighted by molar-refractivity contribution is -0.122. The monoisotopic (exact) mass is 473 g/mol. The van der Waals surface area contributed by atoms with E-state index in [4.69, 9.17) is 21.1 Å². The van der Waals surface area contributed by atoms with Crippen LogP contribution in [-0.4, -0.2) is 68.1 Å². The highest BCUT2D eigenvalue weighted by Crippen LogP contribution is 2.37. The summed E-state index contributed by atoms with van der Waals surface area (Å²) in [4.78, 5) is 29.2. The van der Waals surface area contributed by atoms with Crippen LogP contribution >= 0.6 is 11.6 Å². The molecule has 178 valence electrons. The van der Waals surface area contributed by atoms with Crippen molar-refractivity contribution in [1.82, 2.24) is 15.1 Å². The summed E-state index contributed by atoms with van der Waals surface area (Å²) in [6, 6.07) is 13.1. The first kappa shape index (κ1) is 24.9. The molecule has 0 bridgehead atoms. The maximum Gasteiger partial charge on any atom is 0.254 e. The first-order valence-corrected chi connectivity index (χ1v) is 11.6. The minimum atomic E-state index is -0.112. The van der Waals surface area contributed by atoms with Crippen LogP contribution in [-0.2, 0) is 11.3 Å². The average molecular weight is 474 g/mol. The molecule has 2 amide bonds. The van der Waals surface area contributed by atoms with Crippen molar-refractivity contribution >= 4 is 23.4 Å². The highest BCUT2D eigenvalue weighted by molar-refractivity contribution is 6.32. The van der Waals surface area contributed by atoms with Gasteiger partial charge in [-0.3, -0.25) is 14.5 Å². The average Bonchev–Trinajstić information content (AvgIpc) is 2.82. The number of rotatable bonds is 9. The predicted octanol–water partition coefficient (Wildman–Crippen LogP) is 3.46. The van der Waals surface area contributed by atoms with Gasteiger partial charge in [-0.1, -0.05) is 55.8 Å². The number of ether oxygens (including phenoxy) is 2. The zero-order valence-electron chi connectivity index (χ0n) is 19.5. The van der Waals surface area contributed by atoms with Gasteiger partial charge in [-0.05, 0) is 23.6 Å². The Labute approximate surface area is 200 Å². The smallest absolute Gasteiger partial charge is 0.254 e. The Morgan fingerprint density at radius 3 is 2.42 bits per heavy atom. The van der Waals surface area contributed by atoms with E-state index in [-0.39, 0.29) is 11.8 Å². The SMILES string of the molecule is COc1cc(C(=O)N2CCN(CC(=O)NCc3ccccc3)CC2)cc(Cl)c1OCC(C)C. The van der Waals surface area contributed by atoms with Crippen LogP contribution in [0.4, 0.5) is 0 Å². The second-order valence-corrected chi connectivity index (χ2v) is 8.93. The van der Waals surface area contributed by atoms with Gasteiger partial charge >= 0.3 is 0 Å². The molecule has 1 aliphatic rings. The van der Waals surface area contributed by atoms with Gasteiger partial charge in [-0.2, -0.15) is 0 Å². The highest BCUT2D eigenvalue weighted by Gasteiger charge is 2.25. The molecule has 0 unspecified atom stereocenters. The molecule has 33 heavy (non-hydrogen) atoms. The lowest BCUT2D eigenvalue weighted by Crippen LogP contribution is -2.51. The van der Waals surface area contributed by atoms with Crippen LogP contribution in [0.25, 0.3) is 0 Å². The van der Waals surface area contributed by atoms with Gasteiger partial charge in [0, 0.05) is 38.3 Å². The molecule has 0 saturated carbocycles. The minimum Gasteiger partial charge on any atom is -0.493 e. The number of carbonyl (C=O) groups is 2. The van der Waals surface area contributed by atoms with Crippen molar-refractivity contribution in [2.75, 3.05) is 46.4 Å². The zero-order valence-corrected chi connectivity index (χ0v) is 20.2. The summed E-state index contributed by atoms with van der Waals surface area (Å²) in [6.45, 7) is 7.76. The molecule has 3 rings (SSSR count). The lowest BCUT2D eigenvalue weighted by Gasteiger charge is -2.34. The molecule has 1 fully saturated rings. The van der Waals surface area contributed by atoms with Crippen molar-refractivity contribution in [2.45, 2.75) is 20.4 Å². The van der Waals surface area contributed by atoms with Crippen molar-refractivity contribution in [3.05, 3.63) is 58.6 Å². The molecule has 0 spiro atoms. The Hall–Kier alpha value is -2.77. The summed E-state index contributed by atoms with van der Waals surface area (Å²) in [5.41, 5.74) is 1.53. The van der Waals surface area contributed by atoms with E-state index in [1.165, 1.54) is 7.11 Å². The van der Waals surface area contributed by atoms with E-state index in [0.29, 0.717) is 73.9 Å². The van der Waals surface area contributed by atoms with Crippen LogP contribution in [0.5, 0.6) is 11.5 Å². The van der Waals surface area contributed by atoms with Gasteiger partial charge in [0.1, 0.15) is 0 Å². The van der Waals surface area contributed by atoms with Gasteiger partial charge in [0.15, 0.2) is 11.5 Å². The maximum atomic E-state index is 13.1. The fourth-order valence-corrected chi connectivity index (χ4v) is 3.85. The number of nitrogens with zero attached hydrogens (tertiary/aromatic N) is 2. The molecule has 2 aromatic carbocycles. The molecule has 7 nitrogen and oxygen atoms in total. The summed E-state index contributed by atoms with van der Waals surface area (Å²) in [7, 11) is 1.53. The van der Waals surface area contributed by atoms with E-state index in [1.807, 2.05) is 44.2 Å². The highest BCUT2D eigenvalue weighted by atomic mass is 35.5. The molecule has 2 aromatic rings. The largest absolute Gasteiger partial charge is 0.493 e. The van der Waals surface area contributed by atoms with Gasteiger partial charge in [0.25, 0.3) is 5.91 Å². The summed E-state index contributed by atoms with van der Waals surface area (Å²) >= 11 is 6.41. The summed E-state index contributed by atoms with van der Waals surface area (Å²) in [5.74, 6) is 1.10. The molecule has 8 heteroatoms. The molecular weight excluding hydrogens is 442 g/mol. The van der Waals surface area contributed by atoms with Gasteiger partial charge < -0.3 is 19.7 Å². The zero-order chi connectivity index (χ0) is 23.8. The van der Waals surface area contributed by atoms with Crippen LogP contribution in [0.3, 0.4) is 0 Å².